The van der Waals surface area contributed by atoms with Gasteiger partial charge in [-0.3, -0.25) is 4.79 Å². The summed E-state index contributed by atoms with van der Waals surface area (Å²) >= 11 is 0. The molecule has 0 bridgehead atoms. The molecule has 1 heterocycles. The fraction of sp³-hybridized carbons (Fsp3) is 0.929. The summed E-state index contributed by atoms with van der Waals surface area (Å²) in [6, 6.07) is 0.732. The van der Waals surface area contributed by atoms with Crippen molar-refractivity contribution in [2.24, 2.45) is 11.3 Å². The molecule has 1 aliphatic rings. The molecule has 3 nitrogen and oxygen atoms in total. The van der Waals surface area contributed by atoms with Gasteiger partial charge in [0.1, 0.15) is 0 Å². The number of carbonyl (C=O) groups is 1. The zero-order valence-corrected chi connectivity index (χ0v) is 11.7. The third-order valence-corrected chi connectivity index (χ3v) is 4.15. The van der Waals surface area contributed by atoms with Crippen molar-refractivity contribution in [2.45, 2.75) is 59.4 Å². The van der Waals surface area contributed by atoms with Crippen LogP contribution in [0, 0.1) is 11.3 Å². The summed E-state index contributed by atoms with van der Waals surface area (Å²) < 4.78 is 0. The quantitative estimate of drug-likeness (QED) is 0.777. The minimum absolute atomic E-state index is 0.212. The van der Waals surface area contributed by atoms with Crippen molar-refractivity contribution >= 4 is 5.97 Å². The molecule has 0 amide bonds. The van der Waals surface area contributed by atoms with E-state index in [9.17, 15) is 4.79 Å². The number of carboxylic acids is 1. The smallest absolute Gasteiger partial charge is 0.303 e. The maximum absolute atomic E-state index is 10.7. The Balaban J connectivity index is 2.37. The van der Waals surface area contributed by atoms with E-state index in [-0.39, 0.29) is 5.41 Å². The Bertz CT molecular complexity index is 257. The molecule has 0 aromatic heterocycles. The van der Waals surface area contributed by atoms with Gasteiger partial charge in [0.05, 0.1) is 0 Å². The van der Waals surface area contributed by atoms with Crippen LogP contribution in [0.15, 0.2) is 0 Å². The number of likely N-dealkylation sites (tertiary alicyclic amines) is 1. The molecule has 1 fully saturated rings. The molecule has 1 saturated heterocycles. The zero-order valence-electron chi connectivity index (χ0n) is 11.7. The Kier molecular flexibility index (Phi) is 4.99. The molecule has 0 aliphatic carbocycles. The first-order valence-corrected chi connectivity index (χ1v) is 6.76. The highest BCUT2D eigenvalue weighted by Crippen LogP contribution is 2.33. The van der Waals surface area contributed by atoms with E-state index < -0.39 is 5.97 Å². The van der Waals surface area contributed by atoms with Crippen molar-refractivity contribution in [3.8, 4) is 0 Å². The molecule has 3 heteroatoms. The maximum Gasteiger partial charge on any atom is 0.303 e. The van der Waals surface area contributed by atoms with Crippen molar-refractivity contribution in [3.63, 3.8) is 0 Å². The van der Waals surface area contributed by atoms with E-state index in [0.29, 0.717) is 12.3 Å². The number of aliphatic carboxylic acids is 1. The fourth-order valence-electron chi connectivity index (χ4n) is 2.53. The topological polar surface area (TPSA) is 40.5 Å². The monoisotopic (exact) mass is 241 g/mol. The van der Waals surface area contributed by atoms with Gasteiger partial charge < -0.3 is 10.0 Å². The van der Waals surface area contributed by atoms with E-state index in [0.717, 1.165) is 25.4 Å². The second kappa shape index (κ2) is 5.85. The lowest BCUT2D eigenvalue weighted by Gasteiger charge is -2.41. The molecule has 0 saturated carbocycles. The molecular formula is C14H27NO2. The maximum atomic E-state index is 10.7. The molecule has 1 rings (SSSR count). The summed E-state index contributed by atoms with van der Waals surface area (Å²) in [5, 5.41) is 8.79. The predicted molar refractivity (Wildman–Crippen MR) is 70.1 cm³/mol. The lowest BCUT2D eigenvalue weighted by Crippen LogP contribution is -2.46. The Morgan fingerprint density at radius 2 is 2.06 bits per heavy atom. The molecule has 1 aliphatic heterocycles. The van der Waals surface area contributed by atoms with Crippen LogP contribution in [0.1, 0.15) is 53.4 Å². The summed E-state index contributed by atoms with van der Waals surface area (Å²) in [7, 11) is 0. The van der Waals surface area contributed by atoms with Crippen LogP contribution in [0.25, 0.3) is 0 Å². The summed E-state index contributed by atoms with van der Waals surface area (Å²) in [4.78, 5) is 13.2. The van der Waals surface area contributed by atoms with Crippen LogP contribution in [0.3, 0.4) is 0 Å². The van der Waals surface area contributed by atoms with Crippen LogP contribution >= 0.6 is 0 Å². The van der Waals surface area contributed by atoms with Crippen LogP contribution in [0.5, 0.6) is 0 Å². The van der Waals surface area contributed by atoms with E-state index in [2.05, 4.69) is 32.6 Å². The molecule has 0 aromatic rings. The SMILES string of the molecule is CC1CCN1CCC(CCC(=O)O)C(C)(C)C. The van der Waals surface area contributed by atoms with Gasteiger partial charge in [0.2, 0.25) is 0 Å². The number of hydrogen-bond acceptors (Lipinski definition) is 2. The molecule has 2 atom stereocenters. The number of nitrogens with zero attached hydrogens (tertiary/aromatic N) is 1. The van der Waals surface area contributed by atoms with Crippen molar-refractivity contribution in [2.75, 3.05) is 13.1 Å². The highest BCUT2D eigenvalue weighted by atomic mass is 16.4. The van der Waals surface area contributed by atoms with Gasteiger partial charge in [0.15, 0.2) is 0 Å². The standard InChI is InChI=1S/C14H27NO2/c1-11-7-9-15(11)10-8-12(14(2,3)4)5-6-13(16)17/h11-12H,5-10H2,1-4H3,(H,16,17). The van der Waals surface area contributed by atoms with E-state index in [4.69, 9.17) is 5.11 Å². The number of rotatable bonds is 6. The number of hydrogen-bond donors (Lipinski definition) is 1. The molecule has 2 unspecified atom stereocenters. The van der Waals surface area contributed by atoms with Gasteiger partial charge in [-0.25, -0.2) is 0 Å². The first kappa shape index (κ1) is 14.5. The molecule has 17 heavy (non-hydrogen) atoms. The van der Waals surface area contributed by atoms with Crippen LogP contribution in [0.2, 0.25) is 0 Å². The Labute approximate surface area is 105 Å². The third kappa shape index (κ3) is 4.66. The van der Waals surface area contributed by atoms with Crippen LogP contribution < -0.4 is 0 Å². The molecule has 0 radical (unpaired) electrons. The first-order chi connectivity index (χ1) is 7.80. The summed E-state index contributed by atoms with van der Waals surface area (Å²) in [6.07, 6.45) is 3.55. The van der Waals surface area contributed by atoms with E-state index >= 15 is 0 Å². The van der Waals surface area contributed by atoms with Gasteiger partial charge >= 0.3 is 5.97 Å². The first-order valence-electron chi connectivity index (χ1n) is 6.76. The normalized spacial score (nSPS) is 23.2. The number of carboxylic acid groups (broad SMARTS) is 1. The second-order valence-electron chi connectivity index (χ2n) is 6.46. The Morgan fingerprint density at radius 3 is 2.41 bits per heavy atom. The molecule has 100 valence electrons. The summed E-state index contributed by atoms with van der Waals surface area (Å²) in [6.45, 7) is 11.3. The van der Waals surface area contributed by atoms with Gasteiger partial charge in [-0.2, -0.15) is 0 Å². The van der Waals surface area contributed by atoms with Crippen molar-refractivity contribution in [1.29, 1.82) is 0 Å². The average molecular weight is 241 g/mol. The lowest BCUT2D eigenvalue weighted by molar-refractivity contribution is -0.137. The zero-order chi connectivity index (χ0) is 13.1. The van der Waals surface area contributed by atoms with E-state index in [1.54, 1.807) is 0 Å². The average Bonchev–Trinajstić information content (AvgIpc) is 2.18. The lowest BCUT2D eigenvalue weighted by atomic mass is 9.76. The Hall–Kier alpha value is -0.570. The van der Waals surface area contributed by atoms with Crippen LogP contribution in [0.4, 0.5) is 0 Å². The van der Waals surface area contributed by atoms with E-state index in [1.165, 1.54) is 13.0 Å². The van der Waals surface area contributed by atoms with Gasteiger partial charge in [-0.1, -0.05) is 20.8 Å². The van der Waals surface area contributed by atoms with Crippen molar-refractivity contribution < 1.29 is 9.90 Å². The summed E-state index contributed by atoms with van der Waals surface area (Å²) in [5.41, 5.74) is 0.212. The van der Waals surface area contributed by atoms with Gasteiger partial charge in [-0.15, -0.1) is 0 Å². The summed E-state index contributed by atoms with van der Waals surface area (Å²) in [5.74, 6) is -0.164. The molecule has 0 spiro atoms. The molecular weight excluding hydrogens is 214 g/mol. The van der Waals surface area contributed by atoms with Crippen LogP contribution in [-0.2, 0) is 4.79 Å². The highest BCUT2D eigenvalue weighted by Gasteiger charge is 2.28. The molecule has 0 aromatic carbocycles. The highest BCUT2D eigenvalue weighted by molar-refractivity contribution is 5.66. The van der Waals surface area contributed by atoms with Gasteiger partial charge in [0.25, 0.3) is 0 Å². The minimum Gasteiger partial charge on any atom is -0.481 e. The molecule has 1 N–H and O–H groups in total. The van der Waals surface area contributed by atoms with Gasteiger partial charge in [0, 0.05) is 12.5 Å². The Morgan fingerprint density at radius 1 is 1.41 bits per heavy atom. The van der Waals surface area contributed by atoms with Crippen molar-refractivity contribution in [3.05, 3.63) is 0 Å². The van der Waals surface area contributed by atoms with Crippen LogP contribution in [-0.4, -0.2) is 35.1 Å². The third-order valence-electron chi connectivity index (χ3n) is 4.15. The van der Waals surface area contributed by atoms with Crippen molar-refractivity contribution in [1.82, 2.24) is 4.90 Å². The predicted octanol–water partition coefficient (Wildman–Crippen LogP) is 3.00. The second-order valence-corrected chi connectivity index (χ2v) is 6.46. The van der Waals surface area contributed by atoms with Gasteiger partial charge in [-0.05, 0) is 50.6 Å². The van der Waals surface area contributed by atoms with E-state index in [1.807, 2.05) is 0 Å². The largest absolute Gasteiger partial charge is 0.481 e. The fourth-order valence-corrected chi connectivity index (χ4v) is 2.53. The minimum atomic E-state index is -0.670.